The normalized spacial score (nSPS) is 13.7. The van der Waals surface area contributed by atoms with Gasteiger partial charge in [0, 0.05) is 47.0 Å². The number of amides is 4. The Morgan fingerprint density at radius 3 is 1.58 bits per heavy atom. The Kier molecular flexibility index (Phi) is 8.44. The first-order valence-corrected chi connectivity index (χ1v) is 12.1. The molecule has 38 heavy (non-hydrogen) atoms. The van der Waals surface area contributed by atoms with Gasteiger partial charge in [-0.25, -0.2) is 9.59 Å². The van der Waals surface area contributed by atoms with Crippen LogP contribution in [0, 0.1) is 6.92 Å². The highest BCUT2D eigenvalue weighted by Gasteiger charge is 2.11. The Morgan fingerprint density at radius 1 is 0.658 bits per heavy atom. The lowest BCUT2D eigenvalue weighted by atomic mass is 10.1. The van der Waals surface area contributed by atoms with Crippen molar-refractivity contribution in [3.8, 4) is 0 Å². The number of hydrogen-bond acceptors (Lipinski definition) is 6. The van der Waals surface area contributed by atoms with Gasteiger partial charge in [0.25, 0.3) is 0 Å². The molecule has 10 nitrogen and oxygen atoms in total. The summed E-state index contributed by atoms with van der Waals surface area (Å²) in [6.07, 6.45) is 0. The summed E-state index contributed by atoms with van der Waals surface area (Å²) < 4.78 is 0. The van der Waals surface area contributed by atoms with Crippen molar-refractivity contribution in [3.05, 3.63) is 83.4 Å². The van der Waals surface area contributed by atoms with Crippen LogP contribution < -0.4 is 31.9 Å². The number of aryl methyl sites for hydroxylation is 1. The van der Waals surface area contributed by atoms with Crippen molar-refractivity contribution in [2.45, 2.75) is 6.92 Å². The standard InChI is InChI=1S/C27H28N8O2.ClH/c1-17-2-7-22(34-26(36)32-20-8-3-18(4-9-20)24-28-12-13-29-24)16-23(17)35-27(37)33-21-10-5-19(6-11-21)25-30-14-15-31-25;/h2-11,16H,12-15H2,1H3,(H,28,29)(H,30,31)(H2,32,34,36)(H2,33,35,37);1H. The monoisotopic (exact) mass is 532 g/mol. The molecule has 4 amide bonds. The number of halogens is 1. The van der Waals surface area contributed by atoms with Crippen molar-refractivity contribution in [2.75, 3.05) is 47.4 Å². The van der Waals surface area contributed by atoms with E-state index in [-0.39, 0.29) is 24.5 Å². The summed E-state index contributed by atoms with van der Waals surface area (Å²) >= 11 is 0. The number of nitrogens with zero attached hydrogens (tertiary/aromatic N) is 2. The first kappa shape index (κ1) is 26.5. The van der Waals surface area contributed by atoms with Gasteiger partial charge < -0.3 is 31.9 Å². The molecule has 2 aliphatic heterocycles. The zero-order valence-electron chi connectivity index (χ0n) is 20.8. The zero-order chi connectivity index (χ0) is 25.6. The van der Waals surface area contributed by atoms with Crippen LogP contribution in [0.3, 0.4) is 0 Å². The summed E-state index contributed by atoms with van der Waals surface area (Å²) in [5.41, 5.74) is 5.28. The molecule has 0 bridgehead atoms. The Labute approximate surface area is 226 Å². The molecule has 0 spiro atoms. The number of carbonyl (C=O) groups excluding carboxylic acids is 2. The molecular formula is C27H29ClN8O2. The highest BCUT2D eigenvalue weighted by molar-refractivity contribution is 6.04. The molecule has 0 aromatic heterocycles. The quantitative estimate of drug-likeness (QED) is 0.281. The van der Waals surface area contributed by atoms with Gasteiger partial charge in [-0.1, -0.05) is 6.07 Å². The van der Waals surface area contributed by atoms with Gasteiger partial charge in [0.2, 0.25) is 0 Å². The number of hydrogen-bond donors (Lipinski definition) is 6. The molecule has 196 valence electrons. The fourth-order valence-corrected chi connectivity index (χ4v) is 4.02. The molecule has 0 fully saturated rings. The molecule has 3 aromatic carbocycles. The second-order valence-corrected chi connectivity index (χ2v) is 8.66. The third kappa shape index (κ3) is 6.60. The first-order chi connectivity index (χ1) is 18.0. The molecule has 0 unspecified atom stereocenters. The van der Waals surface area contributed by atoms with E-state index in [1.54, 1.807) is 12.1 Å². The fraction of sp³-hybridized carbons (Fsp3) is 0.185. The van der Waals surface area contributed by atoms with Gasteiger partial charge in [0.1, 0.15) is 11.7 Å². The van der Waals surface area contributed by atoms with Crippen molar-refractivity contribution < 1.29 is 9.59 Å². The molecule has 5 rings (SSSR count). The fourth-order valence-electron chi connectivity index (χ4n) is 4.02. The van der Waals surface area contributed by atoms with E-state index in [1.165, 1.54) is 0 Å². The topological polar surface area (TPSA) is 131 Å². The summed E-state index contributed by atoms with van der Waals surface area (Å²) in [4.78, 5) is 33.9. The second-order valence-electron chi connectivity index (χ2n) is 8.66. The van der Waals surface area contributed by atoms with E-state index in [4.69, 9.17) is 0 Å². The van der Waals surface area contributed by atoms with Crippen LogP contribution in [-0.4, -0.2) is 49.9 Å². The van der Waals surface area contributed by atoms with Crippen LogP contribution >= 0.6 is 12.4 Å². The highest BCUT2D eigenvalue weighted by atomic mass is 35.5. The molecule has 2 aliphatic rings. The van der Waals surface area contributed by atoms with Gasteiger partial charge in [-0.05, 0) is 73.2 Å². The van der Waals surface area contributed by atoms with Crippen molar-refractivity contribution in [2.24, 2.45) is 9.98 Å². The van der Waals surface area contributed by atoms with Crippen molar-refractivity contribution >= 4 is 58.9 Å². The van der Waals surface area contributed by atoms with Crippen molar-refractivity contribution in [1.29, 1.82) is 0 Å². The average Bonchev–Trinajstić information content (AvgIpc) is 3.62. The number of benzene rings is 3. The number of anilines is 4. The minimum absolute atomic E-state index is 0. The Bertz CT molecular complexity index is 1370. The van der Waals surface area contributed by atoms with Gasteiger partial charge in [-0.2, -0.15) is 0 Å². The van der Waals surface area contributed by atoms with Gasteiger partial charge in [-0.3, -0.25) is 9.98 Å². The van der Waals surface area contributed by atoms with Crippen LogP contribution in [0.4, 0.5) is 32.3 Å². The third-order valence-electron chi connectivity index (χ3n) is 5.92. The minimum atomic E-state index is -0.384. The van der Waals surface area contributed by atoms with Crippen LogP contribution in [-0.2, 0) is 0 Å². The Balaban J connectivity index is 0.00000336. The van der Waals surface area contributed by atoms with E-state index in [0.717, 1.165) is 54.5 Å². The number of carbonyl (C=O) groups is 2. The molecule has 2 heterocycles. The first-order valence-electron chi connectivity index (χ1n) is 12.1. The predicted molar refractivity (Wildman–Crippen MR) is 155 cm³/mol. The number of urea groups is 2. The molecular weight excluding hydrogens is 504 g/mol. The number of aliphatic imine (C=N–C) groups is 2. The maximum absolute atomic E-state index is 12.6. The predicted octanol–water partition coefficient (Wildman–Crippen LogP) is 4.40. The lowest BCUT2D eigenvalue weighted by molar-refractivity contribution is 0.261. The molecule has 0 saturated carbocycles. The number of amidine groups is 2. The lowest BCUT2D eigenvalue weighted by Crippen LogP contribution is -2.22. The molecule has 3 aromatic rings. The van der Waals surface area contributed by atoms with Crippen LogP contribution in [0.1, 0.15) is 16.7 Å². The van der Waals surface area contributed by atoms with Crippen molar-refractivity contribution in [1.82, 2.24) is 10.6 Å². The average molecular weight is 533 g/mol. The van der Waals surface area contributed by atoms with Crippen molar-refractivity contribution in [3.63, 3.8) is 0 Å². The Hall–Kier alpha value is -4.57. The third-order valence-corrected chi connectivity index (χ3v) is 5.92. The molecule has 0 aliphatic carbocycles. The van der Waals surface area contributed by atoms with Gasteiger partial charge >= 0.3 is 12.1 Å². The van der Waals surface area contributed by atoms with E-state index in [0.29, 0.717) is 22.7 Å². The van der Waals surface area contributed by atoms with Gasteiger partial charge in [0.15, 0.2) is 0 Å². The molecule has 0 radical (unpaired) electrons. The van der Waals surface area contributed by atoms with Crippen LogP contribution in [0.15, 0.2) is 76.7 Å². The highest BCUT2D eigenvalue weighted by Crippen LogP contribution is 2.21. The SMILES string of the molecule is Cc1ccc(NC(=O)Nc2ccc(C3=NCCN3)cc2)cc1NC(=O)Nc1ccc(C2=NCCN2)cc1.Cl. The second kappa shape index (κ2) is 12.1. The Morgan fingerprint density at radius 2 is 1.11 bits per heavy atom. The molecule has 11 heteroatoms. The van der Waals surface area contributed by atoms with E-state index >= 15 is 0 Å². The minimum Gasteiger partial charge on any atom is -0.368 e. The van der Waals surface area contributed by atoms with Crippen LogP contribution in [0.5, 0.6) is 0 Å². The molecule has 0 saturated heterocycles. The molecule has 6 N–H and O–H groups in total. The number of nitrogens with one attached hydrogen (secondary N) is 6. The number of rotatable bonds is 6. The largest absolute Gasteiger partial charge is 0.368 e. The van der Waals surface area contributed by atoms with E-state index in [1.807, 2.05) is 61.5 Å². The summed E-state index contributed by atoms with van der Waals surface area (Å²) in [6.45, 7) is 5.11. The van der Waals surface area contributed by atoms with Gasteiger partial charge in [0.05, 0.1) is 13.1 Å². The molecule has 0 atom stereocenters. The lowest BCUT2D eigenvalue weighted by Gasteiger charge is -2.13. The summed E-state index contributed by atoms with van der Waals surface area (Å²) in [5, 5.41) is 17.8. The van der Waals surface area contributed by atoms with Crippen LogP contribution in [0.2, 0.25) is 0 Å². The van der Waals surface area contributed by atoms with E-state index < -0.39 is 0 Å². The maximum Gasteiger partial charge on any atom is 0.323 e. The summed E-state index contributed by atoms with van der Waals surface area (Å²) in [7, 11) is 0. The smallest absolute Gasteiger partial charge is 0.323 e. The maximum atomic E-state index is 12.6. The van der Waals surface area contributed by atoms with E-state index in [2.05, 4.69) is 41.9 Å². The van der Waals surface area contributed by atoms with E-state index in [9.17, 15) is 9.59 Å². The van der Waals surface area contributed by atoms with Gasteiger partial charge in [-0.15, -0.1) is 12.4 Å². The van der Waals surface area contributed by atoms with Crippen LogP contribution in [0.25, 0.3) is 0 Å². The zero-order valence-corrected chi connectivity index (χ0v) is 21.6. The summed E-state index contributed by atoms with van der Waals surface area (Å²) in [6, 6.07) is 19.5. The summed E-state index contributed by atoms with van der Waals surface area (Å²) in [5.74, 6) is 1.74.